The summed E-state index contributed by atoms with van der Waals surface area (Å²) in [5, 5.41) is 7.47. The molecule has 2 aliphatic rings. The van der Waals surface area contributed by atoms with Gasteiger partial charge in [-0.05, 0) is 19.3 Å². The van der Waals surface area contributed by atoms with Crippen LogP contribution in [0.3, 0.4) is 0 Å². The van der Waals surface area contributed by atoms with Crippen LogP contribution in [0, 0.1) is 5.41 Å². The molecular formula is C14H21N3O2. The molecule has 1 amide bonds. The molecule has 5 nitrogen and oxygen atoms in total. The first-order chi connectivity index (χ1) is 9.07. The van der Waals surface area contributed by atoms with Crippen molar-refractivity contribution in [3.63, 3.8) is 0 Å². The molecule has 1 saturated carbocycles. The minimum Gasteiger partial charge on any atom is -0.381 e. The van der Waals surface area contributed by atoms with E-state index in [1.165, 1.54) is 0 Å². The highest BCUT2D eigenvalue weighted by Gasteiger charge is 2.33. The lowest BCUT2D eigenvalue weighted by molar-refractivity contribution is 0.0924. The Morgan fingerprint density at radius 1 is 1.63 bits per heavy atom. The average Bonchev–Trinajstić information content (AvgIpc) is 3.02. The van der Waals surface area contributed by atoms with Crippen LogP contribution >= 0.6 is 0 Å². The number of carbonyl (C=O) groups excluding carboxylic acids is 1. The zero-order valence-electron chi connectivity index (χ0n) is 11.6. The van der Waals surface area contributed by atoms with Crippen molar-refractivity contribution >= 4 is 5.91 Å². The van der Waals surface area contributed by atoms with Crippen LogP contribution in [0.25, 0.3) is 0 Å². The van der Waals surface area contributed by atoms with Gasteiger partial charge in [-0.3, -0.25) is 9.48 Å². The Labute approximate surface area is 113 Å². The fourth-order valence-corrected chi connectivity index (χ4v) is 2.58. The predicted octanol–water partition coefficient (Wildman–Crippen LogP) is 1.45. The van der Waals surface area contributed by atoms with E-state index in [2.05, 4.69) is 17.3 Å². The number of nitrogens with zero attached hydrogens (tertiary/aromatic N) is 2. The Bertz CT molecular complexity index is 485. The molecule has 1 atom stereocenters. The maximum absolute atomic E-state index is 12.3. The van der Waals surface area contributed by atoms with E-state index in [0.717, 1.165) is 43.7 Å². The smallest absolute Gasteiger partial charge is 0.254 e. The molecule has 0 bridgehead atoms. The van der Waals surface area contributed by atoms with Gasteiger partial charge in [0.15, 0.2) is 0 Å². The van der Waals surface area contributed by atoms with Gasteiger partial charge in [0.2, 0.25) is 0 Å². The zero-order chi connectivity index (χ0) is 13.5. The minimum atomic E-state index is 0.00289. The lowest BCUT2D eigenvalue weighted by Gasteiger charge is -2.21. The number of amides is 1. The first-order valence-corrected chi connectivity index (χ1v) is 6.97. The molecule has 19 heavy (non-hydrogen) atoms. The molecule has 0 spiro atoms. The maximum atomic E-state index is 12.3. The number of hydrogen-bond donors (Lipinski definition) is 1. The molecule has 2 heterocycles. The predicted molar refractivity (Wildman–Crippen MR) is 71.1 cm³/mol. The van der Waals surface area contributed by atoms with Gasteiger partial charge in [-0.15, -0.1) is 0 Å². The second-order valence-corrected chi connectivity index (χ2v) is 6.17. The molecule has 1 aliphatic carbocycles. The summed E-state index contributed by atoms with van der Waals surface area (Å²) < 4.78 is 7.15. The van der Waals surface area contributed by atoms with E-state index in [1.807, 2.05) is 13.2 Å². The number of carbonyl (C=O) groups is 1. The van der Waals surface area contributed by atoms with Gasteiger partial charge in [0, 0.05) is 37.7 Å². The maximum Gasteiger partial charge on any atom is 0.254 e. The summed E-state index contributed by atoms with van der Waals surface area (Å²) >= 11 is 0. The van der Waals surface area contributed by atoms with Gasteiger partial charge < -0.3 is 10.1 Å². The van der Waals surface area contributed by atoms with Crippen LogP contribution in [0.1, 0.15) is 48.2 Å². The fraction of sp³-hybridized carbons (Fsp3) is 0.714. The van der Waals surface area contributed by atoms with Crippen LogP contribution in [0.4, 0.5) is 0 Å². The minimum absolute atomic E-state index is 0.00289. The van der Waals surface area contributed by atoms with Gasteiger partial charge in [0.25, 0.3) is 5.91 Å². The highest BCUT2D eigenvalue weighted by atomic mass is 16.5. The van der Waals surface area contributed by atoms with E-state index in [1.54, 1.807) is 4.68 Å². The largest absolute Gasteiger partial charge is 0.381 e. The van der Waals surface area contributed by atoms with Gasteiger partial charge in [-0.1, -0.05) is 6.92 Å². The fourth-order valence-electron chi connectivity index (χ4n) is 2.58. The molecular weight excluding hydrogens is 242 g/mol. The SMILES string of the molecule is Cn1cc(C(=O)NCC2(C)CCOC2)c(C2CC2)n1. The highest BCUT2D eigenvalue weighted by Crippen LogP contribution is 2.40. The van der Waals surface area contributed by atoms with E-state index in [9.17, 15) is 4.79 Å². The second kappa shape index (κ2) is 4.63. The number of hydrogen-bond acceptors (Lipinski definition) is 3. The lowest BCUT2D eigenvalue weighted by Crippen LogP contribution is -2.36. The van der Waals surface area contributed by atoms with Gasteiger partial charge in [-0.2, -0.15) is 5.10 Å². The standard InChI is InChI=1S/C14H21N3O2/c1-14(5-6-19-9-14)8-15-13(18)11-7-17(2)16-12(11)10-3-4-10/h7,10H,3-6,8-9H2,1-2H3,(H,15,18). The summed E-state index contributed by atoms with van der Waals surface area (Å²) in [6, 6.07) is 0. The average molecular weight is 263 g/mol. The molecule has 1 aromatic heterocycles. The molecule has 1 saturated heterocycles. The Morgan fingerprint density at radius 3 is 3.05 bits per heavy atom. The second-order valence-electron chi connectivity index (χ2n) is 6.17. The third-order valence-corrected chi connectivity index (χ3v) is 4.04. The monoisotopic (exact) mass is 263 g/mol. The topological polar surface area (TPSA) is 56.2 Å². The molecule has 1 aliphatic heterocycles. The quantitative estimate of drug-likeness (QED) is 0.894. The third-order valence-electron chi connectivity index (χ3n) is 4.04. The van der Waals surface area contributed by atoms with Gasteiger partial charge in [0.05, 0.1) is 17.9 Å². The van der Waals surface area contributed by atoms with E-state index >= 15 is 0 Å². The summed E-state index contributed by atoms with van der Waals surface area (Å²) in [4.78, 5) is 12.3. The van der Waals surface area contributed by atoms with E-state index in [4.69, 9.17) is 4.74 Å². The molecule has 2 fully saturated rings. The van der Waals surface area contributed by atoms with Crippen LogP contribution in [0.2, 0.25) is 0 Å². The molecule has 1 unspecified atom stereocenters. The number of rotatable bonds is 4. The van der Waals surface area contributed by atoms with E-state index < -0.39 is 0 Å². The van der Waals surface area contributed by atoms with Crippen LogP contribution in [-0.2, 0) is 11.8 Å². The first kappa shape index (κ1) is 12.7. The van der Waals surface area contributed by atoms with Gasteiger partial charge >= 0.3 is 0 Å². The van der Waals surface area contributed by atoms with E-state index in [-0.39, 0.29) is 11.3 Å². The third kappa shape index (κ3) is 2.66. The van der Waals surface area contributed by atoms with Crippen molar-refractivity contribution in [2.45, 2.75) is 32.1 Å². The first-order valence-electron chi connectivity index (χ1n) is 6.97. The molecule has 5 heteroatoms. The number of aryl methyl sites for hydroxylation is 1. The van der Waals surface area contributed by atoms with Gasteiger partial charge in [0.1, 0.15) is 0 Å². The zero-order valence-corrected chi connectivity index (χ0v) is 11.6. The van der Waals surface area contributed by atoms with Crippen LogP contribution in [-0.4, -0.2) is 35.4 Å². The summed E-state index contributed by atoms with van der Waals surface area (Å²) in [7, 11) is 1.87. The molecule has 1 N–H and O–H groups in total. The Balaban J connectivity index is 1.66. The Morgan fingerprint density at radius 2 is 2.42 bits per heavy atom. The Hall–Kier alpha value is -1.36. The summed E-state index contributed by atoms with van der Waals surface area (Å²) in [5.41, 5.74) is 1.79. The van der Waals surface area contributed by atoms with Crippen molar-refractivity contribution in [3.05, 3.63) is 17.5 Å². The van der Waals surface area contributed by atoms with Crippen LogP contribution in [0.5, 0.6) is 0 Å². The normalized spacial score (nSPS) is 26.6. The van der Waals surface area contributed by atoms with Crippen molar-refractivity contribution in [1.29, 1.82) is 0 Å². The van der Waals surface area contributed by atoms with Crippen molar-refractivity contribution in [2.75, 3.05) is 19.8 Å². The molecule has 3 rings (SSSR count). The van der Waals surface area contributed by atoms with Gasteiger partial charge in [-0.25, -0.2) is 0 Å². The van der Waals surface area contributed by atoms with E-state index in [0.29, 0.717) is 12.5 Å². The number of ether oxygens (including phenoxy) is 1. The number of nitrogens with one attached hydrogen (secondary N) is 1. The van der Waals surface area contributed by atoms with Crippen molar-refractivity contribution in [2.24, 2.45) is 12.5 Å². The van der Waals surface area contributed by atoms with Crippen LogP contribution < -0.4 is 5.32 Å². The molecule has 104 valence electrons. The summed E-state index contributed by atoms with van der Waals surface area (Å²) in [6.07, 6.45) is 5.15. The molecule has 1 aromatic rings. The summed E-state index contributed by atoms with van der Waals surface area (Å²) in [6.45, 7) is 4.36. The molecule has 0 radical (unpaired) electrons. The molecule has 0 aromatic carbocycles. The van der Waals surface area contributed by atoms with Crippen molar-refractivity contribution in [3.8, 4) is 0 Å². The lowest BCUT2D eigenvalue weighted by atomic mass is 9.90. The summed E-state index contributed by atoms with van der Waals surface area (Å²) in [5.74, 6) is 0.496. The van der Waals surface area contributed by atoms with Crippen molar-refractivity contribution in [1.82, 2.24) is 15.1 Å². The Kier molecular flexibility index (Phi) is 3.09. The highest BCUT2D eigenvalue weighted by molar-refractivity contribution is 5.95. The van der Waals surface area contributed by atoms with Crippen molar-refractivity contribution < 1.29 is 9.53 Å². The van der Waals surface area contributed by atoms with Crippen LogP contribution in [0.15, 0.2) is 6.20 Å². The number of aromatic nitrogens is 2.